The standard InChI is InChI=1S/C19H22F3N5O2/c1-26-9-6-16(25-26)27-12-18(29-17(27)28)7-4-13(5-8-18)10-23-15-3-2-14(11-24-15)19(20,21)22/h2-3,6,9,11,13H,4-5,7-8,10,12H2,1H3,(H,23,24)/t13-,18-. The van der Waals surface area contributed by atoms with E-state index in [9.17, 15) is 18.0 Å². The number of nitrogens with one attached hydrogen (secondary N) is 1. The van der Waals surface area contributed by atoms with Crippen molar-refractivity contribution in [3.8, 4) is 0 Å². The summed E-state index contributed by atoms with van der Waals surface area (Å²) in [5, 5.41) is 7.38. The molecule has 1 saturated carbocycles. The molecule has 2 aromatic heterocycles. The highest BCUT2D eigenvalue weighted by molar-refractivity contribution is 5.89. The largest absolute Gasteiger partial charge is 0.441 e. The molecule has 1 amide bonds. The molecule has 2 aliphatic rings. The number of rotatable bonds is 4. The maximum Gasteiger partial charge on any atom is 0.417 e. The Hall–Kier alpha value is -2.78. The third kappa shape index (κ3) is 4.15. The number of hydrogen-bond donors (Lipinski definition) is 1. The van der Waals surface area contributed by atoms with E-state index in [0.29, 0.717) is 30.6 Å². The average Bonchev–Trinajstić information content (AvgIpc) is 3.24. The molecule has 1 aliphatic heterocycles. The molecule has 0 aromatic carbocycles. The molecule has 10 heteroatoms. The third-order valence-electron chi connectivity index (χ3n) is 5.63. The van der Waals surface area contributed by atoms with Gasteiger partial charge in [-0.05, 0) is 43.7 Å². The molecule has 2 fully saturated rings. The fourth-order valence-electron chi connectivity index (χ4n) is 3.93. The molecule has 1 saturated heterocycles. The van der Waals surface area contributed by atoms with Gasteiger partial charge in [-0.15, -0.1) is 0 Å². The van der Waals surface area contributed by atoms with Crippen LogP contribution >= 0.6 is 0 Å². The lowest BCUT2D eigenvalue weighted by atomic mass is 9.78. The van der Waals surface area contributed by atoms with Crippen molar-refractivity contribution in [3.63, 3.8) is 0 Å². The number of pyridine rings is 1. The summed E-state index contributed by atoms with van der Waals surface area (Å²) in [4.78, 5) is 17.7. The van der Waals surface area contributed by atoms with Crippen LogP contribution in [0.1, 0.15) is 31.2 Å². The monoisotopic (exact) mass is 409 g/mol. The predicted molar refractivity (Wildman–Crippen MR) is 99.5 cm³/mol. The summed E-state index contributed by atoms with van der Waals surface area (Å²) >= 11 is 0. The Morgan fingerprint density at radius 2 is 2.03 bits per heavy atom. The summed E-state index contributed by atoms with van der Waals surface area (Å²) in [6.07, 6.45) is 1.07. The molecule has 3 heterocycles. The van der Waals surface area contributed by atoms with Gasteiger partial charge in [-0.3, -0.25) is 9.58 Å². The van der Waals surface area contributed by atoms with Gasteiger partial charge in [-0.25, -0.2) is 9.78 Å². The molecule has 156 valence electrons. The number of carbonyl (C=O) groups is 1. The smallest absolute Gasteiger partial charge is 0.417 e. The minimum absolute atomic E-state index is 0.340. The van der Waals surface area contributed by atoms with Crippen molar-refractivity contribution >= 4 is 17.7 Å². The van der Waals surface area contributed by atoms with E-state index in [1.165, 1.54) is 6.07 Å². The number of aryl methyl sites for hydroxylation is 1. The fourth-order valence-corrected chi connectivity index (χ4v) is 3.93. The topological polar surface area (TPSA) is 72.3 Å². The van der Waals surface area contributed by atoms with Gasteiger partial charge in [0.25, 0.3) is 0 Å². The highest BCUT2D eigenvalue weighted by Gasteiger charge is 2.48. The van der Waals surface area contributed by atoms with Crippen LogP contribution in [0.5, 0.6) is 0 Å². The van der Waals surface area contributed by atoms with E-state index in [0.717, 1.165) is 37.9 Å². The molecule has 1 N–H and O–H groups in total. The summed E-state index contributed by atoms with van der Waals surface area (Å²) in [5.74, 6) is 1.35. The minimum atomic E-state index is -4.38. The van der Waals surface area contributed by atoms with Gasteiger partial charge >= 0.3 is 12.3 Å². The molecule has 2 aromatic rings. The molecule has 1 aliphatic carbocycles. The van der Waals surface area contributed by atoms with E-state index in [1.807, 2.05) is 0 Å². The Morgan fingerprint density at radius 3 is 2.62 bits per heavy atom. The maximum absolute atomic E-state index is 12.6. The van der Waals surface area contributed by atoms with Crippen LogP contribution in [0.15, 0.2) is 30.6 Å². The van der Waals surface area contributed by atoms with Crippen molar-refractivity contribution in [2.24, 2.45) is 13.0 Å². The summed E-state index contributed by atoms with van der Waals surface area (Å²) < 4.78 is 45.2. The summed E-state index contributed by atoms with van der Waals surface area (Å²) in [7, 11) is 1.80. The number of aromatic nitrogens is 3. The second-order valence-electron chi connectivity index (χ2n) is 7.74. The Bertz CT molecular complexity index is 873. The Labute approximate surface area is 165 Å². The zero-order chi connectivity index (χ0) is 20.6. The number of nitrogens with zero attached hydrogens (tertiary/aromatic N) is 4. The Balaban J connectivity index is 1.29. The van der Waals surface area contributed by atoms with Crippen molar-refractivity contribution < 1.29 is 22.7 Å². The van der Waals surface area contributed by atoms with E-state index < -0.39 is 17.3 Å². The van der Waals surface area contributed by atoms with Crippen molar-refractivity contribution in [2.75, 3.05) is 23.3 Å². The average molecular weight is 409 g/mol. The molecule has 0 unspecified atom stereocenters. The van der Waals surface area contributed by atoms with Gasteiger partial charge < -0.3 is 10.1 Å². The first-order valence-corrected chi connectivity index (χ1v) is 9.51. The second-order valence-corrected chi connectivity index (χ2v) is 7.74. The van der Waals surface area contributed by atoms with Crippen molar-refractivity contribution in [1.82, 2.24) is 14.8 Å². The van der Waals surface area contributed by atoms with Gasteiger partial charge in [0.1, 0.15) is 11.4 Å². The normalized spacial score (nSPS) is 24.8. The second kappa shape index (κ2) is 7.23. The number of ether oxygens (including phenoxy) is 1. The van der Waals surface area contributed by atoms with Crippen LogP contribution in [0.3, 0.4) is 0 Å². The van der Waals surface area contributed by atoms with E-state index in [2.05, 4.69) is 15.4 Å². The van der Waals surface area contributed by atoms with E-state index in [1.54, 1.807) is 28.9 Å². The van der Waals surface area contributed by atoms with Crippen LogP contribution in [-0.2, 0) is 18.0 Å². The highest BCUT2D eigenvalue weighted by atomic mass is 19.4. The van der Waals surface area contributed by atoms with Gasteiger partial charge in [0.15, 0.2) is 5.82 Å². The predicted octanol–water partition coefficient (Wildman–Crippen LogP) is 3.83. The molecule has 4 rings (SSSR count). The number of anilines is 2. The van der Waals surface area contributed by atoms with Crippen molar-refractivity contribution in [1.29, 1.82) is 0 Å². The third-order valence-corrected chi connectivity index (χ3v) is 5.63. The lowest BCUT2D eigenvalue weighted by Crippen LogP contribution is -2.39. The lowest BCUT2D eigenvalue weighted by Gasteiger charge is -2.35. The fraction of sp³-hybridized carbons (Fsp3) is 0.526. The quantitative estimate of drug-likeness (QED) is 0.831. The highest BCUT2D eigenvalue weighted by Crippen LogP contribution is 2.40. The molecule has 1 spiro atoms. The molecule has 7 nitrogen and oxygen atoms in total. The van der Waals surface area contributed by atoms with Crippen molar-refractivity contribution in [2.45, 2.75) is 37.5 Å². The number of alkyl halides is 3. The minimum Gasteiger partial charge on any atom is -0.441 e. The Morgan fingerprint density at radius 1 is 1.28 bits per heavy atom. The van der Waals surface area contributed by atoms with Gasteiger partial charge in [-0.2, -0.15) is 18.3 Å². The summed E-state index contributed by atoms with van der Waals surface area (Å²) in [5.41, 5.74) is -1.25. The molecule has 0 radical (unpaired) electrons. The summed E-state index contributed by atoms with van der Waals surface area (Å²) in [6, 6.07) is 4.15. The first-order valence-electron chi connectivity index (χ1n) is 9.51. The van der Waals surface area contributed by atoms with E-state index >= 15 is 0 Å². The van der Waals surface area contributed by atoms with E-state index in [4.69, 9.17) is 4.74 Å². The summed E-state index contributed by atoms with van der Waals surface area (Å²) in [6.45, 7) is 1.11. The van der Waals surface area contributed by atoms with Crippen LogP contribution in [-0.4, -0.2) is 39.5 Å². The first kappa shape index (κ1) is 19.5. The number of amides is 1. The van der Waals surface area contributed by atoms with Crippen LogP contribution < -0.4 is 10.2 Å². The molecular formula is C19H22F3N5O2. The first-order chi connectivity index (χ1) is 13.7. The molecule has 0 atom stereocenters. The van der Waals surface area contributed by atoms with Crippen molar-refractivity contribution in [3.05, 3.63) is 36.2 Å². The maximum atomic E-state index is 12.6. The molecule has 0 bridgehead atoms. The van der Waals surface area contributed by atoms with E-state index in [-0.39, 0.29) is 6.09 Å². The number of halogens is 3. The number of carbonyl (C=O) groups excluding carboxylic acids is 1. The zero-order valence-electron chi connectivity index (χ0n) is 15.9. The molecule has 29 heavy (non-hydrogen) atoms. The van der Waals surface area contributed by atoms with Gasteiger partial charge in [0, 0.05) is 32.1 Å². The zero-order valence-corrected chi connectivity index (χ0v) is 15.9. The SMILES string of the molecule is Cn1ccc(N2C[C@]3(CC[C@@H](CNc4ccc(C(F)(F)F)cn4)CC3)OC2=O)n1. The lowest BCUT2D eigenvalue weighted by molar-refractivity contribution is -0.137. The molecular weight excluding hydrogens is 387 g/mol. The van der Waals surface area contributed by atoms with Crippen LogP contribution in [0.25, 0.3) is 0 Å². The van der Waals surface area contributed by atoms with Crippen LogP contribution in [0, 0.1) is 5.92 Å². The van der Waals surface area contributed by atoms with Crippen LogP contribution in [0.4, 0.5) is 29.6 Å². The van der Waals surface area contributed by atoms with Gasteiger partial charge in [0.2, 0.25) is 0 Å². The van der Waals surface area contributed by atoms with Gasteiger partial charge in [-0.1, -0.05) is 0 Å². The Kier molecular flexibility index (Phi) is 4.87. The van der Waals surface area contributed by atoms with Crippen LogP contribution in [0.2, 0.25) is 0 Å². The number of hydrogen-bond acceptors (Lipinski definition) is 5. The van der Waals surface area contributed by atoms with Gasteiger partial charge in [0.05, 0.1) is 12.1 Å².